The molecule has 0 saturated carbocycles. The van der Waals surface area contributed by atoms with Crippen LogP contribution in [0.15, 0.2) is 0 Å². The van der Waals surface area contributed by atoms with Crippen LogP contribution in [0.25, 0.3) is 0 Å². The maximum Gasteiger partial charge on any atom is 0.0584 e. The molecule has 2 N–H and O–H groups in total. The van der Waals surface area contributed by atoms with Crippen LogP contribution in [0.4, 0.5) is 0 Å². The van der Waals surface area contributed by atoms with E-state index in [1.54, 1.807) is 6.92 Å². The average molecular weight is 118 g/mol. The van der Waals surface area contributed by atoms with Gasteiger partial charge in [0.15, 0.2) is 0 Å². The maximum atomic E-state index is 8.92. The monoisotopic (exact) mass is 118 g/mol. The lowest BCUT2D eigenvalue weighted by atomic mass is 9.89. The summed E-state index contributed by atoms with van der Waals surface area (Å²) in [6.45, 7) is 5.34. The minimum atomic E-state index is -0.438. The molecule has 0 bridgehead atoms. The van der Waals surface area contributed by atoms with Gasteiger partial charge in [0.1, 0.15) is 0 Å². The Labute approximate surface area is 50.2 Å². The number of hydrogen-bond donors (Lipinski definition) is 2. The summed E-state index contributed by atoms with van der Waals surface area (Å²) < 4.78 is 0. The summed E-state index contributed by atoms with van der Waals surface area (Å²) in [7, 11) is 0. The van der Waals surface area contributed by atoms with Gasteiger partial charge in [0.2, 0.25) is 0 Å². The third-order valence-electron chi connectivity index (χ3n) is 1.54. The van der Waals surface area contributed by atoms with Gasteiger partial charge in [-0.15, -0.1) is 0 Å². The minimum Gasteiger partial charge on any atom is -0.396 e. The van der Waals surface area contributed by atoms with Crippen molar-refractivity contribution < 1.29 is 10.2 Å². The summed E-state index contributed by atoms with van der Waals surface area (Å²) in [5.74, 6) is 0. The SMILES string of the molecule is CC(O)C(C)(C)CO. The van der Waals surface area contributed by atoms with E-state index < -0.39 is 6.10 Å². The first-order valence-corrected chi connectivity index (χ1v) is 2.79. The van der Waals surface area contributed by atoms with Crippen LogP contribution in [-0.2, 0) is 0 Å². The van der Waals surface area contributed by atoms with E-state index in [-0.39, 0.29) is 12.0 Å². The molecule has 0 aliphatic carbocycles. The van der Waals surface area contributed by atoms with E-state index >= 15 is 0 Å². The van der Waals surface area contributed by atoms with Gasteiger partial charge in [0.05, 0.1) is 12.7 Å². The molecule has 0 heterocycles. The number of rotatable bonds is 2. The predicted octanol–water partition coefficient (Wildman–Crippen LogP) is 0.386. The van der Waals surface area contributed by atoms with Crippen molar-refractivity contribution in [2.24, 2.45) is 5.41 Å². The van der Waals surface area contributed by atoms with Gasteiger partial charge in [-0.25, -0.2) is 0 Å². The van der Waals surface area contributed by atoms with Crippen LogP contribution >= 0.6 is 0 Å². The number of hydrogen-bond acceptors (Lipinski definition) is 2. The standard InChI is InChI=1S/C6H14O2/c1-5(8)6(2,3)4-7/h5,7-8H,4H2,1-3H3. The summed E-state index contributed by atoms with van der Waals surface area (Å²) in [6, 6.07) is 0. The second kappa shape index (κ2) is 2.46. The summed E-state index contributed by atoms with van der Waals surface area (Å²) in [5.41, 5.74) is -0.347. The molecule has 0 aromatic rings. The van der Waals surface area contributed by atoms with Crippen LogP contribution in [-0.4, -0.2) is 22.9 Å². The Morgan fingerprint density at radius 2 is 1.88 bits per heavy atom. The molecule has 0 aromatic carbocycles. The van der Waals surface area contributed by atoms with E-state index in [0.29, 0.717) is 0 Å². The van der Waals surface area contributed by atoms with Crippen molar-refractivity contribution in [1.29, 1.82) is 0 Å². The van der Waals surface area contributed by atoms with E-state index in [2.05, 4.69) is 0 Å². The third-order valence-corrected chi connectivity index (χ3v) is 1.54. The molecule has 0 saturated heterocycles. The summed E-state index contributed by atoms with van der Waals surface area (Å²) in [6.07, 6.45) is -0.438. The van der Waals surface area contributed by atoms with Gasteiger partial charge in [-0.2, -0.15) is 0 Å². The summed E-state index contributed by atoms with van der Waals surface area (Å²) in [4.78, 5) is 0. The highest BCUT2D eigenvalue weighted by atomic mass is 16.3. The van der Waals surface area contributed by atoms with E-state index in [9.17, 15) is 0 Å². The molecule has 0 aliphatic rings. The fraction of sp³-hybridized carbons (Fsp3) is 1.00. The second-order valence-corrected chi connectivity index (χ2v) is 2.82. The third kappa shape index (κ3) is 1.80. The Morgan fingerprint density at radius 1 is 1.50 bits per heavy atom. The number of aliphatic hydroxyl groups excluding tert-OH is 2. The molecule has 8 heavy (non-hydrogen) atoms. The Hall–Kier alpha value is -0.0800. The fourth-order valence-electron chi connectivity index (χ4n) is 0.132. The molecule has 0 amide bonds. The average Bonchev–Trinajstić information content (AvgIpc) is 1.67. The van der Waals surface area contributed by atoms with Crippen molar-refractivity contribution in [3.05, 3.63) is 0 Å². The Morgan fingerprint density at radius 3 is 1.88 bits per heavy atom. The smallest absolute Gasteiger partial charge is 0.0584 e. The zero-order chi connectivity index (χ0) is 6.78. The second-order valence-electron chi connectivity index (χ2n) is 2.82. The Balaban J connectivity index is 3.71. The molecule has 0 aromatic heterocycles. The number of aliphatic hydroxyl groups is 2. The molecule has 1 atom stereocenters. The van der Waals surface area contributed by atoms with Gasteiger partial charge >= 0.3 is 0 Å². The highest BCUT2D eigenvalue weighted by Gasteiger charge is 2.22. The van der Waals surface area contributed by atoms with Crippen molar-refractivity contribution >= 4 is 0 Å². The maximum absolute atomic E-state index is 8.92. The first-order chi connectivity index (χ1) is 3.50. The lowest BCUT2D eigenvalue weighted by molar-refractivity contribution is 0.0202. The van der Waals surface area contributed by atoms with Crippen molar-refractivity contribution in [2.75, 3.05) is 6.61 Å². The lowest BCUT2D eigenvalue weighted by Gasteiger charge is -2.24. The van der Waals surface area contributed by atoms with Gasteiger partial charge in [-0.05, 0) is 6.92 Å². The molecular weight excluding hydrogens is 104 g/mol. The zero-order valence-corrected chi connectivity index (χ0v) is 5.68. The minimum absolute atomic E-state index is 0.0324. The van der Waals surface area contributed by atoms with Crippen LogP contribution in [0.3, 0.4) is 0 Å². The highest BCUT2D eigenvalue weighted by molar-refractivity contribution is 4.72. The van der Waals surface area contributed by atoms with Crippen molar-refractivity contribution in [2.45, 2.75) is 26.9 Å². The molecule has 0 aliphatic heterocycles. The van der Waals surface area contributed by atoms with E-state index in [1.807, 2.05) is 13.8 Å². The molecule has 50 valence electrons. The van der Waals surface area contributed by atoms with Gasteiger partial charge in [-0.1, -0.05) is 13.8 Å². The largest absolute Gasteiger partial charge is 0.396 e. The van der Waals surface area contributed by atoms with Crippen LogP contribution in [0.1, 0.15) is 20.8 Å². The first kappa shape index (κ1) is 7.92. The van der Waals surface area contributed by atoms with Crippen LogP contribution in [0.2, 0.25) is 0 Å². The van der Waals surface area contributed by atoms with Gasteiger partial charge in [0.25, 0.3) is 0 Å². The van der Waals surface area contributed by atoms with Crippen molar-refractivity contribution in [1.82, 2.24) is 0 Å². The van der Waals surface area contributed by atoms with Crippen LogP contribution in [0.5, 0.6) is 0 Å². The molecule has 0 spiro atoms. The van der Waals surface area contributed by atoms with Crippen LogP contribution in [0, 0.1) is 5.41 Å². The molecule has 2 heteroatoms. The van der Waals surface area contributed by atoms with E-state index in [4.69, 9.17) is 10.2 Å². The van der Waals surface area contributed by atoms with Gasteiger partial charge < -0.3 is 10.2 Å². The predicted molar refractivity (Wildman–Crippen MR) is 32.5 cm³/mol. The molecule has 0 fully saturated rings. The topological polar surface area (TPSA) is 40.5 Å². The lowest BCUT2D eigenvalue weighted by Crippen LogP contribution is -2.29. The summed E-state index contributed by atoms with van der Waals surface area (Å²) >= 11 is 0. The Kier molecular flexibility index (Phi) is 2.44. The van der Waals surface area contributed by atoms with Gasteiger partial charge in [0, 0.05) is 5.41 Å². The molecule has 1 unspecified atom stereocenters. The highest BCUT2D eigenvalue weighted by Crippen LogP contribution is 2.17. The molecule has 2 nitrogen and oxygen atoms in total. The van der Waals surface area contributed by atoms with Gasteiger partial charge in [-0.3, -0.25) is 0 Å². The van der Waals surface area contributed by atoms with Crippen LogP contribution < -0.4 is 0 Å². The molecular formula is C6H14O2. The summed E-state index contributed by atoms with van der Waals surface area (Å²) in [5, 5.41) is 17.5. The van der Waals surface area contributed by atoms with Crippen molar-refractivity contribution in [3.8, 4) is 0 Å². The molecule has 0 rings (SSSR count). The van der Waals surface area contributed by atoms with E-state index in [1.165, 1.54) is 0 Å². The quantitative estimate of drug-likeness (QED) is 0.550. The first-order valence-electron chi connectivity index (χ1n) is 2.79. The molecule has 0 radical (unpaired) electrons. The van der Waals surface area contributed by atoms with Crippen molar-refractivity contribution in [3.63, 3.8) is 0 Å². The Bertz CT molecular complexity index is 66.9. The zero-order valence-electron chi connectivity index (χ0n) is 5.68. The fourth-order valence-corrected chi connectivity index (χ4v) is 0.132. The normalized spacial score (nSPS) is 16.1. The van der Waals surface area contributed by atoms with E-state index in [0.717, 1.165) is 0 Å².